The molecule has 1 aromatic carbocycles. The van der Waals surface area contributed by atoms with Gasteiger partial charge in [0.15, 0.2) is 5.76 Å². The minimum absolute atomic E-state index is 0.0605. The molecule has 3 aromatic rings. The van der Waals surface area contributed by atoms with E-state index in [1.165, 1.54) is 17.6 Å². The monoisotopic (exact) mass is 415 g/mol. The van der Waals surface area contributed by atoms with Crippen LogP contribution in [-0.4, -0.2) is 24.1 Å². The Morgan fingerprint density at radius 2 is 2.00 bits per heavy atom. The SMILES string of the molecule is NC(=NC=O)NC(=O)Cc1cc(C(=O)c2ccco2)sc1-c1ccc(Cl)cc1. The van der Waals surface area contributed by atoms with Crippen LogP contribution in [0.2, 0.25) is 5.02 Å². The van der Waals surface area contributed by atoms with E-state index in [-0.39, 0.29) is 30.3 Å². The Morgan fingerprint density at radius 1 is 1.25 bits per heavy atom. The molecule has 0 aliphatic rings. The van der Waals surface area contributed by atoms with E-state index >= 15 is 0 Å². The van der Waals surface area contributed by atoms with Gasteiger partial charge in [0.05, 0.1) is 17.6 Å². The van der Waals surface area contributed by atoms with Crippen LogP contribution in [0.4, 0.5) is 0 Å². The smallest absolute Gasteiger partial charge is 0.238 e. The van der Waals surface area contributed by atoms with Gasteiger partial charge in [0, 0.05) is 9.90 Å². The number of nitrogens with zero attached hydrogens (tertiary/aromatic N) is 1. The first-order valence-corrected chi connectivity index (χ1v) is 9.21. The highest BCUT2D eigenvalue weighted by atomic mass is 35.5. The summed E-state index contributed by atoms with van der Waals surface area (Å²) in [5.41, 5.74) is 6.86. The zero-order valence-electron chi connectivity index (χ0n) is 14.3. The molecular weight excluding hydrogens is 402 g/mol. The number of carbonyl (C=O) groups is 3. The summed E-state index contributed by atoms with van der Waals surface area (Å²) in [4.78, 5) is 39.6. The second kappa shape index (κ2) is 8.64. The van der Waals surface area contributed by atoms with Crippen molar-refractivity contribution in [2.75, 3.05) is 0 Å². The largest absolute Gasteiger partial charge is 0.461 e. The zero-order chi connectivity index (χ0) is 20.1. The standard InChI is InChI=1S/C19H14ClN3O4S/c20-13-5-3-11(4-6-13)18-12(9-16(25)23-19(21)22-10-24)8-15(28-18)17(26)14-2-1-7-27-14/h1-8,10H,9H2,(H3,21,22,23,24,25). The summed E-state index contributed by atoms with van der Waals surface area (Å²) in [5, 5.41) is 2.89. The fourth-order valence-corrected chi connectivity index (χ4v) is 3.75. The maximum atomic E-state index is 12.6. The zero-order valence-corrected chi connectivity index (χ0v) is 15.9. The number of aliphatic imine (C=N–C) groups is 1. The molecule has 3 N–H and O–H groups in total. The number of thiophene rings is 1. The molecule has 2 heterocycles. The van der Waals surface area contributed by atoms with Crippen molar-refractivity contribution in [3.8, 4) is 10.4 Å². The number of rotatable bonds is 6. The lowest BCUT2D eigenvalue weighted by atomic mass is 10.1. The van der Waals surface area contributed by atoms with Crippen molar-refractivity contribution < 1.29 is 18.8 Å². The van der Waals surface area contributed by atoms with Crippen LogP contribution < -0.4 is 11.1 Å². The molecule has 3 rings (SSSR count). The highest BCUT2D eigenvalue weighted by Gasteiger charge is 2.20. The maximum Gasteiger partial charge on any atom is 0.238 e. The molecule has 2 aromatic heterocycles. The minimum Gasteiger partial charge on any atom is -0.461 e. The highest BCUT2D eigenvalue weighted by molar-refractivity contribution is 7.17. The first-order valence-electron chi connectivity index (χ1n) is 8.01. The van der Waals surface area contributed by atoms with E-state index < -0.39 is 5.91 Å². The number of guanidine groups is 1. The predicted molar refractivity (Wildman–Crippen MR) is 106 cm³/mol. The van der Waals surface area contributed by atoms with E-state index in [1.54, 1.807) is 42.5 Å². The number of benzene rings is 1. The molecule has 0 spiro atoms. The van der Waals surface area contributed by atoms with Gasteiger partial charge in [-0.2, -0.15) is 4.99 Å². The van der Waals surface area contributed by atoms with E-state index in [2.05, 4.69) is 10.3 Å². The third-order valence-electron chi connectivity index (χ3n) is 3.69. The molecule has 0 unspecified atom stereocenters. The van der Waals surface area contributed by atoms with Gasteiger partial charge >= 0.3 is 0 Å². The van der Waals surface area contributed by atoms with Crippen LogP contribution in [0.3, 0.4) is 0 Å². The van der Waals surface area contributed by atoms with Gasteiger partial charge in [-0.1, -0.05) is 23.7 Å². The topological polar surface area (TPSA) is 115 Å². The summed E-state index contributed by atoms with van der Waals surface area (Å²) in [6.07, 6.45) is 1.60. The molecule has 0 saturated heterocycles. The quantitative estimate of drug-likeness (QED) is 0.278. The first kappa shape index (κ1) is 19.5. The molecule has 0 aliphatic carbocycles. The molecule has 0 aliphatic heterocycles. The Kier molecular flexibility index (Phi) is 6.03. The van der Waals surface area contributed by atoms with Gasteiger partial charge < -0.3 is 10.2 Å². The number of amides is 2. The van der Waals surface area contributed by atoms with Crippen molar-refractivity contribution in [3.05, 3.63) is 70.0 Å². The van der Waals surface area contributed by atoms with Gasteiger partial charge in [-0.3, -0.25) is 19.7 Å². The molecule has 0 bridgehead atoms. The van der Waals surface area contributed by atoms with E-state index in [0.29, 0.717) is 15.5 Å². The molecule has 0 saturated carbocycles. The fraction of sp³-hybridized carbons (Fsp3) is 0.0526. The van der Waals surface area contributed by atoms with Gasteiger partial charge in [-0.25, -0.2) is 0 Å². The second-order valence-corrected chi connectivity index (χ2v) is 7.11. The molecule has 7 nitrogen and oxygen atoms in total. The van der Waals surface area contributed by atoms with Crippen molar-refractivity contribution >= 4 is 47.0 Å². The molecule has 2 amide bonds. The van der Waals surface area contributed by atoms with E-state index in [4.69, 9.17) is 21.8 Å². The number of ketones is 1. The molecule has 142 valence electrons. The van der Waals surface area contributed by atoms with Gasteiger partial charge in [0.25, 0.3) is 0 Å². The van der Waals surface area contributed by atoms with Crippen molar-refractivity contribution in [3.63, 3.8) is 0 Å². The third kappa shape index (κ3) is 4.54. The normalized spacial score (nSPS) is 11.2. The van der Waals surface area contributed by atoms with Crippen LogP contribution >= 0.6 is 22.9 Å². The van der Waals surface area contributed by atoms with Crippen LogP contribution in [0.25, 0.3) is 10.4 Å². The average Bonchev–Trinajstić information content (AvgIpc) is 3.32. The lowest BCUT2D eigenvalue weighted by Crippen LogP contribution is -2.37. The molecule has 0 fully saturated rings. The predicted octanol–water partition coefficient (Wildman–Crippen LogP) is 3.02. The Balaban J connectivity index is 1.95. The summed E-state index contributed by atoms with van der Waals surface area (Å²) in [5.74, 6) is -0.829. The number of halogens is 1. The Hall–Kier alpha value is -3.23. The summed E-state index contributed by atoms with van der Waals surface area (Å²) in [7, 11) is 0. The Bertz CT molecular complexity index is 1040. The van der Waals surface area contributed by atoms with E-state index in [0.717, 1.165) is 10.4 Å². The number of hydrogen-bond acceptors (Lipinski definition) is 5. The number of furan rings is 1. The summed E-state index contributed by atoms with van der Waals surface area (Å²) in [6, 6.07) is 11.9. The number of hydrogen-bond donors (Lipinski definition) is 2. The second-order valence-electron chi connectivity index (χ2n) is 5.62. The minimum atomic E-state index is -0.465. The van der Waals surface area contributed by atoms with Crippen molar-refractivity contribution in [1.82, 2.24) is 5.32 Å². The molecular formula is C19H14ClN3O4S. The van der Waals surface area contributed by atoms with Crippen LogP contribution in [-0.2, 0) is 16.0 Å². The summed E-state index contributed by atoms with van der Waals surface area (Å²) in [6.45, 7) is 0. The average molecular weight is 416 g/mol. The van der Waals surface area contributed by atoms with Crippen molar-refractivity contribution in [2.24, 2.45) is 10.7 Å². The fourth-order valence-electron chi connectivity index (χ4n) is 2.50. The lowest BCUT2D eigenvalue weighted by molar-refractivity contribution is -0.119. The molecule has 0 radical (unpaired) electrons. The van der Waals surface area contributed by atoms with E-state index in [9.17, 15) is 14.4 Å². The van der Waals surface area contributed by atoms with Gasteiger partial charge in [-0.05, 0) is 41.5 Å². The Labute approximate surface area is 168 Å². The number of nitrogens with one attached hydrogen (secondary N) is 1. The highest BCUT2D eigenvalue weighted by Crippen LogP contribution is 2.35. The molecule has 9 heteroatoms. The van der Waals surface area contributed by atoms with Gasteiger partial charge in [0.1, 0.15) is 0 Å². The molecule has 28 heavy (non-hydrogen) atoms. The first-order chi connectivity index (χ1) is 13.5. The van der Waals surface area contributed by atoms with Crippen LogP contribution in [0.5, 0.6) is 0 Å². The van der Waals surface area contributed by atoms with Gasteiger partial charge in [-0.15, -0.1) is 11.3 Å². The van der Waals surface area contributed by atoms with Crippen LogP contribution in [0.15, 0.2) is 58.1 Å². The van der Waals surface area contributed by atoms with Crippen LogP contribution in [0.1, 0.15) is 21.0 Å². The Morgan fingerprint density at radius 3 is 2.64 bits per heavy atom. The summed E-state index contributed by atoms with van der Waals surface area (Å²) >= 11 is 7.20. The lowest BCUT2D eigenvalue weighted by Gasteiger charge is -2.05. The van der Waals surface area contributed by atoms with Crippen molar-refractivity contribution in [2.45, 2.75) is 6.42 Å². The molecule has 0 atom stereocenters. The van der Waals surface area contributed by atoms with Crippen LogP contribution in [0, 0.1) is 0 Å². The van der Waals surface area contributed by atoms with Gasteiger partial charge in [0.2, 0.25) is 24.1 Å². The summed E-state index contributed by atoms with van der Waals surface area (Å²) < 4.78 is 5.18. The van der Waals surface area contributed by atoms with E-state index in [1.807, 2.05) is 0 Å². The number of nitrogens with two attached hydrogens (primary N) is 1. The van der Waals surface area contributed by atoms with Crippen molar-refractivity contribution in [1.29, 1.82) is 0 Å². The third-order valence-corrected chi connectivity index (χ3v) is 5.17. The number of carbonyl (C=O) groups excluding carboxylic acids is 3. The maximum absolute atomic E-state index is 12.6.